The van der Waals surface area contributed by atoms with Crippen molar-refractivity contribution in [3.05, 3.63) is 23.8 Å². The molecule has 2 unspecified atom stereocenters. The Balaban J connectivity index is 1.91. The molecule has 3 rings (SSSR count). The van der Waals surface area contributed by atoms with Gasteiger partial charge in [0.1, 0.15) is 0 Å². The molecular formula is C13H14F3NS. The number of anilines is 1. The van der Waals surface area contributed by atoms with E-state index in [1.54, 1.807) is 17.8 Å². The van der Waals surface area contributed by atoms with Gasteiger partial charge in [0.2, 0.25) is 0 Å². The van der Waals surface area contributed by atoms with Crippen molar-refractivity contribution in [1.29, 1.82) is 0 Å². The number of alkyl halides is 3. The van der Waals surface area contributed by atoms with Crippen molar-refractivity contribution in [1.82, 2.24) is 0 Å². The van der Waals surface area contributed by atoms with Crippen LogP contribution in [-0.4, -0.2) is 11.3 Å². The van der Waals surface area contributed by atoms with E-state index in [-0.39, 0.29) is 0 Å². The standard InChI is InChI=1S/C13H14F3NS/c14-13(15,16)8-5-6-10-12(7-8)18-11-4-2-1-3-9(11)17-10/h5-7,9,11,17H,1-4H2. The van der Waals surface area contributed by atoms with Crippen LogP contribution in [0.5, 0.6) is 0 Å². The second-order valence-corrected chi connectivity index (χ2v) is 6.18. The first-order valence-electron chi connectivity index (χ1n) is 6.18. The molecule has 1 heterocycles. The third-order valence-corrected chi connectivity index (χ3v) is 5.09. The van der Waals surface area contributed by atoms with E-state index in [4.69, 9.17) is 0 Å². The van der Waals surface area contributed by atoms with Crippen LogP contribution in [-0.2, 0) is 6.18 Å². The molecule has 98 valence electrons. The number of hydrogen-bond acceptors (Lipinski definition) is 2. The molecule has 1 N–H and O–H groups in total. The number of benzene rings is 1. The maximum absolute atomic E-state index is 12.7. The molecular weight excluding hydrogens is 259 g/mol. The summed E-state index contributed by atoms with van der Waals surface area (Å²) in [5.41, 5.74) is 0.306. The Morgan fingerprint density at radius 2 is 1.94 bits per heavy atom. The topological polar surface area (TPSA) is 12.0 Å². The molecule has 0 radical (unpaired) electrons. The smallest absolute Gasteiger partial charge is 0.380 e. The van der Waals surface area contributed by atoms with Crippen LogP contribution < -0.4 is 5.32 Å². The van der Waals surface area contributed by atoms with Gasteiger partial charge < -0.3 is 5.32 Å². The van der Waals surface area contributed by atoms with Gasteiger partial charge in [-0.2, -0.15) is 13.2 Å². The Morgan fingerprint density at radius 1 is 1.17 bits per heavy atom. The molecule has 18 heavy (non-hydrogen) atoms. The van der Waals surface area contributed by atoms with Gasteiger partial charge in [-0.15, -0.1) is 11.8 Å². The normalized spacial score (nSPS) is 27.1. The lowest BCUT2D eigenvalue weighted by atomic mass is 9.94. The van der Waals surface area contributed by atoms with E-state index in [0.29, 0.717) is 11.3 Å². The van der Waals surface area contributed by atoms with E-state index in [1.165, 1.54) is 18.9 Å². The van der Waals surface area contributed by atoms with E-state index in [9.17, 15) is 13.2 Å². The SMILES string of the molecule is FC(F)(F)c1ccc2c(c1)SC1CCCCC1N2. The van der Waals surface area contributed by atoms with Crippen molar-refractivity contribution in [3.8, 4) is 0 Å². The molecule has 1 aliphatic heterocycles. The molecule has 0 bridgehead atoms. The minimum absolute atomic E-state index is 0.424. The molecule has 0 saturated heterocycles. The summed E-state index contributed by atoms with van der Waals surface area (Å²) in [7, 11) is 0. The summed E-state index contributed by atoms with van der Waals surface area (Å²) in [5, 5.41) is 3.82. The summed E-state index contributed by atoms with van der Waals surface area (Å²) >= 11 is 1.61. The number of thioether (sulfide) groups is 1. The van der Waals surface area contributed by atoms with Crippen LogP contribution in [0.4, 0.5) is 18.9 Å². The summed E-state index contributed by atoms with van der Waals surface area (Å²) in [6, 6.07) is 4.43. The number of rotatable bonds is 0. The predicted octanol–water partition coefficient (Wildman–Crippen LogP) is 4.53. The summed E-state index contributed by atoms with van der Waals surface area (Å²) in [4.78, 5) is 0.743. The van der Waals surface area contributed by atoms with Gasteiger partial charge in [0.25, 0.3) is 0 Å². The Hall–Kier alpha value is -0.840. The molecule has 1 aromatic carbocycles. The van der Waals surface area contributed by atoms with E-state index < -0.39 is 11.7 Å². The zero-order valence-electron chi connectivity index (χ0n) is 9.76. The van der Waals surface area contributed by atoms with Crippen molar-refractivity contribution in [3.63, 3.8) is 0 Å². The van der Waals surface area contributed by atoms with Gasteiger partial charge in [-0.25, -0.2) is 0 Å². The Labute approximate surface area is 108 Å². The van der Waals surface area contributed by atoms with Crippen LogP contribution in [0.2, 0.25) is 0 Å². The molecule has 0 amide bonds. The second-order valence-electron chi connectivity index (χ2n) is 4.90. The van der Waals surface area contributed by atoms with Gasteiger partial charge >= 0.3 is 6.18 Å². The quantitative estimate of drug-likeness (QED) is 0.745. The van der Waals surface area contributed by atoms with Crippen LogP contribution in [0.3, 0.4) is 0 Å². The minimum Gasteiger partial charge on any atom is -0.380 e. The summed E-state index contributed by atoms with van der Waals surface area (Å²) in [5.74, 6) is 0. The molecule has 0 spiro atoms. The maximum atomic E-state index is 12.7. The molecule has 1 saturated carbocycles. The zero-order chi connectivity index (χ0) is 12.8. The molecule has 2 atom stereocenters. The van der Waals surface area contributed by atoms with Crippen molar-refractivity contribution < 1.29 is 13.2 Å². The lowest BCUT2D eigenvalue weighted by Crippen LogP contribution is -2.37. The molecule has 1 aromatic rings. The number of fused-ring (bicyclic) bond motifs is 2. The molecule has 5 heteroatoms. The first-order chi connectivity index (χ1) is 8.54. The second kappa shape index (κ2) is 4.37. The average Bonchev–Trinajstić information content (AvgIpc) is 2.34. The van der Waals surface area contributed by atoms with E-state index in [0.717, 1.165) is 29.5 Å². The third kappa shape index (κ3) is 2.20. The fourth-order valence-electron chi connectivity index (χ4n) is 2.68. The highest BCUT2D eigenvalue weighted by atomic mass is 32.2. The van der Waals surface area contributed by atoms with Crippen molar-refractivity contribution in [2.24, 2.45) is 0 Å². The van der Waals surface area contributed by atoms with Gasteiger partial charge in [-0.05, 0) is 31.0 Å². The van der Waals surface area contributed by atoms with Gasteiger partial charge in [0, 0.05) is 21.9 Å². The fourth-order valence-corrected chi connectivity index (χ4v) is 4.11. The van der Waals surface area contributed by atoms with Gasteiger partial charge in [0.05, 0.1) is 5.56 Å². The van der Waals surface area contributed by atoms with Crippen molar-refractivity contribution in [2.75, 3.05) is 5.32 Å². The number of hydrogen-bond donors (Lipinski definition) is 1. The number of halogens is 3. The molecule has 1 aliphatic carbocycles. The van der Waals surface area contributed by atoms with E-state index in [1.807, 2.05) is 0 Å². The van der Waals surface area contributed by atoms with Gasteiger partial charge in [-0.3, -0.25) is 0 Å². The van der Waals surface area contributed by atoms with E-state index in [2.05, 4.69) is 5.32 Å². The van der Waals surface area contributed by atoms with Crippen LogP contribution in [0.1, 0.15) is 31.2 Å². The van der Waals surface area contributed by atoms with E-state index >= 15 is 0 Å². The largest absolute Gasteiger partial charge is 0.416 e. The highest BCUT2D eigenvalue weighted by Gasteiger charge is 2.34. The lowest BCUT2D eigenvalue weighted by Gasteiger charge is -2.37. The Morgan fingerprint density at radius 3 is 2.72 bits per heavy atom. The third-order valence-electron chi connectivity index (χ3n) is 3.63. The van der Waals surface area contributed by atoms with Gasteiger partial charge in [-0.1, -0.05) is 12.8 Å². The van der Waals surface area contributed by atoms with Crippen LogP contribution in [0.15, 0.2) is 23.1 Å². The molecule has 1 nitrogen and oxygen atoms in total. The summed E-state index contributed by atoms with van der Waals surface area (Å²) in [6.07, 6.45) is 0.365. The first-order valence-corrected chi connectivity index (χ1v) is 7.06. The lowest BCUT2D eigenvalue weighted by molar-refractivity contribution is -0.137. The Bertz CT molecular complexity index is 458. The van der Waals surface area contributed by atoms with Gasteiger partial charge in [0.15, 0.2) is 0 Å². The average molecular weight is 273 g/mol. The molecule has 2 aliphatic rings. The number of nitrogens with one attached hydrogen (secondary N) is 1. The minimum atomic E-state index is -4.25. The maximum Gasteiger partial charge on any atom is 0.416 e. The molecule has 1 fully saturated rings. The molecule has 0 aromatic heterocycles. The fraction of sp³-hybridized carbons (Fsp3) is 0.538. The van der Waals surface area contributed by atoms with Crippen LogP contribution in [0, 0.1) is 0 Å². The Kier molecular flexibility index (Phi) is 2.96. The highest BCUT2D eigenvalue weighted by molar-refractivity contribution is 8.00. The first kappa shape index (κ1) is 12.2. The van der Waals surface area contributed by atoms with Crippen LogP contribution in [0.25, 0.3) is 0 Å². The predicted molar refractivity (Wildman–Crippen MR) is 67.0 cm³/mol. The van der Waals surface area contributed by atoms with Crippen LogP contribution >= 0.6 is 11.8 Å². The summed E-state index contributed by atoms with van der Waals surface area (Å²) in [6.45, 7) is 0. The van der Waals surface area contributed by atoms with Crippen molar-refractivity contribution in [2.45, 2.75) is 48.0 Å². The highest BCUT2D eigenvalue weighted by Crippen LogP contribution is 2.45. The van der Waals surface area contributed by atoms with Crippen molar-refractivity contribution >= 4 is 17.4 Å². The summed E-state index contributed by atoms with van der Waals surface area (Å²) < 4.78 is 38.0. The monoisotopic (exact) mass is 273 g/mol. The zero-order valence-corrected chi connectivity index (χ0v) is 10.6.